The molecule has 20 heavy (non-hydrogen) atoms. The molecule has 0 radical (unpaired) electrons. The van der Waals surface area contributed by atoms with Gasteiger partial charge in [0.1, 0.15) is 0 Å². The van der Waals surface area contributed by atoms with Crippen LogP contribution in [-0.4, -0.2) is 25.5 Å². The summed E-state index contributed by atoms with van der Waals surface area (Å²) in [5.74, 6) is 1.39. The fourth-order valence-electron chi connectivity index (χ4n) is 1.44. The molecular weight excluding hydrogens is 373 g/mol. The number of rotatable bonds is 7. The number of urea groups is 1. The average Bonchev–Trinajstić information content (AvgIpc) is 2.38. The predicted molar refractivity (Wildman–Crippen MR) is 86.4 cm³/mol. The Labute approximate surface area is 131 Å². The molecule has 0 saturated carbocycles. The molecule has 1 aromatic rings. The molecule has 0 aliphatic rings. The molecule has 0 bridgehead atoms. The van der Waals surface area contributed by atoms with Crippen molar-refractivity contribution < 1.29 is 14.3 Å². The fraction of sp³-hybridized carbons (Fsp3) is 0.385. The zero-order valence-electron chi connectivity index (χ0n) is 11.5. The van der Waals surface area contributed by atoms with Gasteiger partial charge in [-0.25, -0.2) is 10.2 Å². The first-order chi connectivity index (χ1) is 9.58. The van der Waals surface area contributed by atoms with Gasteiger partial charge in [0.25, 0.3) is 0 Å². The normalized spacial score (nSPS) is 10.6. The minimum atomic E-state index is -0.705. The number of hydrogen-bond acceptors (Lipinski definition) is 4. The number of hydrogen-bond donors (Lipinski definition) is 2. The Morgan fingerprint density at radius 3 is 2.80 bits per heavy atom. The minimum absolute atomic E-state index is 0.540. The number of benzene rings is 1. The standard InChI is InChI=1S/C13H18IN3O3/c1-3-5-20-12-10(14)6-9(7-11(12)19-4-2)8-16-17-13(15)18/h6-8H,3-5H2,1-2H3,(H3,15,17,18). The molecule has 0 aliphatic carbocycles. The van der Waals surface area contributed by atoms with Crippen molar-refractivity contribution in [2.45, 2.75) is 20.3 Å². The van der Waals surface area contributed by atoms with Crippen LogP contribution in [0.3, 0.4) is 0 Å². The number of ether oxygens (including phenoxy) is 2. The maximum atomic E-state index is 10.5. The van der Waals surface area contributed by atoms with Crippen LogP contribution in [0.5, 0.6) is 11.5 Å². The van der Waals surface area contributed by atoms with Crippen LogP contribution >= 0.6 is 22.6 Å². The predicted octanol–water partition coefficient (Wildman–Crippen LogP) is 2.48. The van der Waals surface area contributed by atoms with Crippen molar-refractivity contribution >= 4 is 34.8 Å². The van der Waals surface area contributed by atoms with Crippen LogP contribution in [0.4, 0.5) is 4.79 Å². The number of primary amides is 1. The summed E-state index contributed by atoms with van der Waals surface area (Å²) in [5, 5.41) is 3.73. The number of halogens is 1. The first-order valence-corrected chi connectivity index (χ1v) is 7.34. The quantitative estimate of drug-likeness (QED) is 0.426. The number of hydrazone groups is 1. The summed E-state index contributed by atoms with van der Waals surface area (Å²) in [7, 11) is 0. The van der Waals surface area contributed by atoms with E-state index in [1.165, 1.54) is 6.21 Å². The second kappa shape index (κ2) is 8.62. The van der Waals surface area contributed by atoms with Gasteiger partial charge < -0.3 is 15.2 Å². The van der Waals surface area contributed by atoms with Gasteiger partial charge in [-0.05, 0) is 53.6 Å². The lowest BCUT2D eigenvalue weighted by Crippen LogP contribution is -2.24. The van der Waals surface area contributed by atoms with Crippen LogP contribution in [0.1, 0.15) is 25.8 Å². The highest BCUT2D eigenvalue weighted by atomic mass is 127. The first-order valence-electron chi connectivity index (χ1n) is 6.26. The van der Waals surface area contributed by atoms with E-state index >= 15 is 0 Å². The SMILES string of the molecule is CCCOc1c(I)cc(C=NNC(N)=O)cc1OCC. The number of nitrogens with zero attached hydrogens (tertiary/aromatic N) is 1. The maximum Gasteiger partial charge on any atom is 0.332 e. The summed E-state index contributed by atoms with van der Waals surface area (Å²) in [4.78, 5) is 10.5. The van der Waals surface area contributed by atoms with E-state index in [1.807, 2.05) is 26.0 Å². The lowest BCUT2D eigenvalue weighted by Gasteiger charge is -2.14. The smallest absolute Gasteiger partial charge is 0.332 e. The zero-order valence-corrected chi connectivity index (χ0v) is 13.6. The van der Waals surface area contributed by atoms with E-state index < -0.39 is 6.03 Å². The summed E-state index contributed by atoms with van der Waals surface area (Å²) < 4.78 is 12.2. The average molecular weight is 391 g/mol. The summed E-state index contributed by atoms with van der Waals surface area (Å²) in [5.41, 5.74) is 7.87. The van der Waals surface area contributed by atoms with Crippen LogP contribution in [0.15, 0.2) is 17.2 Å². The molecule has 0 unspecified atom stereocenters. The van der Waals surface area contributed by atoms with Gasteiger partial charge >= 0.3 is 6.03 Å². The summed E-state index contributed by atoms with van der Waals surface area (Å²) in [6, 6.07) is 2.99. The molecule has 0 heterocycles. The fourth-order valence-corrected chi connectivity index (χ4v) is 2.22. The van der Waals surface area contributed by atoms with Gasteiger partial charge in [-0.15, -0.1) is 0 Å². The van der Waals surface area contributed by atoms with E-state index in [0.717, 1.165) is 21.3 Å². The number of carbonyl (C=O) groups excluding carboxylic acids is 1. The van der Waals surface area contributed by atoms with E-state index in [-0.39, 0.29) is 0 Å². The molecule has 7 heteroatoms. The van der Waals surface area contributed by atoms with Gasteiger partial charge in [0.15, 0.2) is 11.5 Å². The largest absolute Gasteiger partial charge is 0.490 e. The molecule has 110 valence electrons. The van der Waals surface area contributed by atoms with Crippen LogP contribution in [0.2, 0.25) is 0 Å². The van der Waals surface area contributed by atoms with Gasteiger partial charge in [-0.1, -0.05) is 6.92 Å². The van der Waals surface area contributed by atoms with Gasteiger partial charge in [-0.3, -0.25) is 0 Å². The molecule has 2 amide bonds. The molecule has 0 fully saturated rings. The third kappa shape index (κ3) is 5.24. The van der Waals surface area contributed by atoms with Crippen molar-refractivity contribution in [1.82, 2.24) is 5.43 Å². The Kier molecular flexibility index (Phi) is 7.13. The third-order valence-electron chi connectivity index (χ3n) is 2.17. The first kappa shape index (κ1) is 16.5. The van der Waals surface area contributed by atoms with Gasteiger partial charge in [0, 0.05) is 0 Å². The van der Waals surface area contributed by atoms with Crippen molar-refractivity contribution in [2.75, 3.05) is 13.2 Å². The van der Waals surface area contributed by atoms with Gasteiger partial charge in [-0.2, -0.15) is 5.10 Å². The van der Waals surface area contributed by atoms with Crippen molar-refractivity contribution in [3.8, 4) is 11.5 Å². The molecule has 0 aliphatic heterocycles. The second-order valence-corrected chi connectivity index (χ2v) is 5.01. The van der Waals surface area contributed by atoms with Crippen molar-refractivity contribution in [3.05, 3.63) is 21.3 Å². The highest BCUT2D eigenvalue weighted by Crippen LogP contribution is 2.34. The Hall–Kier alpha value is -1.51. The minimum Gasteiger partial charge on any atom is -0.490 e. The maximum absolute atomic E-state index is 10.5. The molecule has 0 saturated heterocycles. The van der Waals surface area contributed by atoms with E-state index in [9.17, 15) is 4.79 Å². The third-order valence-corrected chi connectivity index (χ3v) is 2.97. The molecule has 0 atom stereocenters. The topological polar surface area (TPSA) is 85.9 Å². The molecule has 0 aromatic heterocycles. The van der Waals surface area contributed by atoms with Crippen molar-refractivity contribution in [2.24, 2.45) is 10.8 Å². The second-order valence-electron chi connectivity index (χ2n) is 3.85. The van der Waals surface area contributed by atoms with Crippen LogP contribution in [0, 0.1) is 3.57 Å². The number of nitrogens with one attached hydrogen (secondary N) is 1. The lowest BCUT2D eigenvalue weighted by molar-refractivity contribution is 0.249. The molecular formula is C13H18IN3O3. The monoisotopic (exact) mass is 391 g/mol. The highest BCUT2D eigenvalue weighted by Gasteiger charge is 2.11. The zero-order chi connectivity index (χ0) is 15.0. The molecule has 1 rings (SSSR count). The van der Waals surface area contributed by atoms with Gasteiger partial charge in [0.2, 0.25) is 0 Å². The van der Waals surface area contributed by atoms with E-state index in [4.69, 9.17) is 15.2 Å². The Bertz CT molecular complexity index is 492. The summed E-state index contributed by atoms with van der Waals surface area (Å²) in [6.07, 6.45) is 2.42. The molecule has 0 spiro atoms. The number of amides is 2. The van der Waals surface area contributed by atoms with Crippen molar-refractivity contribution in [1.29, 1.82) is 0 Å². The highest BCUT2D eigenvalue weighted by molar-refractivity contribution is 14.1. The number of nitrogens with two attached hydrogens (primary N) is 1. The molecule has 1 aromatic carbocycles. The summed E-state index contributed by atoms with van der Waals surface area (Å²) >= 11 is 2.18. The van der Waals surface area contributed by atoms with E-state index in [2.05, 4.69) is 33.1 Å². The molecule has 6 nitrogen and oxygen atoms in total. The van der Waals surface area contributed by atoms with E-state index in [0.29, 0.717) is 19.0 Å². The Morgan fingerprint density at radius 1 is 1.45 bits per heavy atom. The Morgan fingerprint density at radius 2 is 2.20 bits per heavy atom. The molecule has 3 N–H and O–H groups in total. The van der Waals surface area contributed by atoms with Crippen LogP contribution < -0.4 is 20.6 Å². The number of carbonyl (C=O) groups is 1. The Balaban J connectivity index is 2.99. The van der Waals surface area contributed by atoms with Crippen LogP contribution in [0.25, 0.3) is 0 Å². The van der Waals surface area contributed by atoms with E-state index in [1.54, 1.807) is 0 Å². The summed E-state index contributed by atoms with van der Waals surface area (Å²) in [6.45, 7) is 5.13. The van der Waals surface area contributed by atoms with Crippen molar-refractivity contribution in [3.63, 3.8) is 0 Å². The van der Waals surface area contributed by atoms with Crippen LogP contribution in [-0.2, 0) is 0 Å². The lowest BCUT2D eigenvalue weighted by atomic mass is 10.2. The van der Waals surface area contributed by atoms with Gasteiger partial charge in [0.05, 0.1) is 23.0 Å².